The number of nitrogens with one attached hydrogen (secondary N) is 2. The molecule has 4 rings (SSSR count). The Balaban J connectivity index is 1.49. The number of fused-ring (bicyclic) bond motifs is 2. The predicted octanol–water partition coefficient (Wildman–Crippen LogP) is 5.30. The first kappa shape index (κ1) is 19.3. The molecule has 0 spiro atoms. The van der Waals surface area contributed by atoms with Crippen molar-refractivity contribution in [2.75, 3.05) is 10.6 Å². The first-order valence-corrected chi connectivity index (χ1v) is 9.65. The number of halogens is 3. The number of carbonyl (C=O) groups is 2. The summed E-state index contributed by atoms with van der Waals surface area (Å²) in [5.41, 5.74) is -0.0747. The fourth-order valence-corrected chi connectivity index (χ4v) is 4.26. The topological polar surface area (TPSA) is 58.2 Å². The van der Waals surface area contributed by atoms with Gasteiger partial charge in [0, 0.05) is 22.4 Å². The summed E-state index contributed by atoms with van der Waals surface area (Å²) in [7, 11) is 0. The maximum absolute atomic E-state index is 12.8. The number of anilines is 2. The van der Waals surface area contributed by atoms with Gasteiger partial charge in [-0.15, -0.1) is 11.8 Å². The highest BCUT2D eigenvalue weighted by Crippen LogP contribution is 2.40. The molecule has 0 fully saturated rings. The van der Waals surface area contributed by atoms with E-state index < -0.39 is 22.9 Å². The Hall–Kier alpha value is -3.00. The van der Waals surface area contributed by atoms with Gasteiger partial charge in [0.25, 0.3) is 0 Å². The van der Waals surface area contributed by atoms with Crippen LogP contribution in [-0.2, 0) is 15.8 Å². The number of rotatable bonds is 3. The van der Waals surface area contributed by atoms with Gasteiger partial charge in [-0.3, -0.25) is 9.59 Å². The minimum absolute atomic E-state index is 0.0970. The van der Waals surface area contributed by atoms with Crippen LogP contribution in [0.3, 0.4) is 0 Å². The standard InChI is InChI=1S/C21H15F3N2O2S/c22-21(23,24)13-8-9-17-16(10-13)26-20(28)18(29-17)11-19(27)25-15-7-3-5-12-4-1-2-6-14(12)15/h1-10,18H,11H2,(H,25,27)(H,26,28)/t18-/m0/s1. The van der Waals surface area contributed by atoms with Gasteiger partial charge in [0.1, 0.15) is 0 Å². The van der Waals surface area contributed by atoms with Crippen LogP contribution in [-0.4, -0.2) is 17.1 Å². The van der Waals surface area contributed by atoms with E-state index in [9.17, 15) is 22.8 Å². The lowest BCUT2D eigenvalue weighted by molar-refractivity contribution is -0.137. The third-order valence-electron chi connectivity index (χ3n) is 4.56. The summed E-state index contributed by atoms with van der Waals surface area (Å²) in [4.78, 5) is 25.3. The van der Waals surface area contributed by atoms with Gasteiger partial charge in [0.2, 0.25) is 11.8 Å². The Kier molecular flexibility index (Phi) is 4.96. The normalized spacial score (nSPS) is 16.2. The Morgan fingerprint density at radius 2 is 1.83 bits per heavy atom. The van der Waals surface area contributed by atoms with Crippen molar-refractivity contribution in [3.05, 3.63) is 66.2 Å². The monoisotopic (exact) mass is 416 g/mol. The zero-order valence-electron chi connectivity index (χ0n) is 14.9. The SMILES string of the molecule is O=C(C[C@@H]1Sc2ccc(C(F)(F)F)cc2NC1=O)Nc1cccc2ccccc12. The van der Waals surface area contributed by atoms with Crippen molar-refractivity contribution in [2.24, 2.45) is 0 Å². The molecule has 2 N–H and O–H groups in total. The van der Waals surface area contributed by atoms with Crippen LogP contribution in [0.15, 0.2) is 65.6 Å². The van der Waals surface area contributed by atoms with E-state index in [0.717, 1.165) is 34.7 Å². The molecule has 29 heavy (non-hydrogen) atoms. The van der Waals surface area contributed by atoms with Crippen molar-refractivity contribution in [1.82, 2.24) is 0 Å². The molecule has 0 aromatic heterocycles. The smallest absolute Gasteiger partial charge is 0.325 e. The molecule has 0 saturated carbocycles. The average Bonchev–Trinajstić information content (AvgIpc) is 2.68. The molecule has 3 aromatic carbocycles. The highest BCUT2D eigenvalue weighted by molar-refractivity contribution is 8.01. The van der Waals surface area contributed by atoms with Crippen molar-refractivity contribution in [3.8, 4) is 0 Å². The van der Waals surface area contributed by atoms with Crippen LogP contribution in [0, 0.1) is 0 Å². The number of alkyl halides is 3. The number of benzene rings is 3. The van der Waals surface area contributed by atoms with Crippen molar-refractivity contribution in [2.45, 2.75) is 22.7 Å². The van der Waals surface area contributed by atoms with Gasteiger partial charge in [-0.2, -0.15) is 13.2 Å². The molecule has 1 heterocycles. The average molecular weight is 416 g/mol. The number of hydrogen-bond donors (Lipinski definition) is 2. The fraction of sp³-hybridized carbons (Fsp3) is 0.143. The largest absolute Gasteiger partial charge is 0.416 e. The molecule has 4 nitrogen and oxygen atoms in total. The van der Waals surface area contributed by atoms with Gasteiger partial charge in [-0.25, -0.2) is 0 Å². The molecular weight excluding hydrogens is 401 g/mol. The summed E-state index contributed by atoms with van der Waals surface area (Å²) >= 11 is 1.09. The Morgan fingerprint density at radius 3 is 2.62 bits per heavy atom. The molecule has 1 atom stereocenters. The van der Waals surface area contributed by atoms with Crippen LogP contribution in [0.5, 0.6) is 0 Å². The summed E-state index contributed by atoms with van der Waals surface area (Å²) in [6, 6.07) is 16.3. The molecular formula is C21H15F3N2O2S. The lowest BCUT2D eigenvalue weighted by Crippen LogP contribution is -2.32. The van der Waals surface area contributed by atoms with Crippen molar-refractivity contribution < 1.29 is 22.8 Å². The summed E-state index contributed by atoms with van der Waals surface area (Å²) in [5, 5.41) is 6.44. The molecule has 0 unspecified atom stereocenters. The van der Waals surface area contributed by atoms with Crippen molar-refractivity contribution in [1.29, 1.82) is 0 Å². The second-order valence-electron chi connectivity index (χ2n) is 6.58. The molecule has 8 heteroatoms. The van der Waals surface area contributed by atoms with Crippen LogP contribution >= 0.6 is 11.8 Å². The van der Waals surface area contributed by atoms with E-state index >= 15 is 0 Å². The van der Waals surface area contributed by atoms with Crippen LogP contribution in [0.2, 0.25) is 0 Å². The maximum Gasteiger partial charge on any atom is 0.416 e. The van der Waals surface area contributed by atoms with Crippen LogP contribution in [0.1, 0.15) is 12.0 Å². The van der Waals surface area contributed by atoms with E-state index in [1.165, 1.54) is 6.07 Å². The molecule has 1 aliphatic rings. The summed E-state index contributed by atoms with van der Waals surface area (Å²) in [6.45, 7) is 0. The van der Waals surface area contributed by atoms with Crippen LogP contribution in [0.25, 0.3) is 10.8 Å². The number of carbonyl (C=O) groups excluding carboxylic acids is 2. The van der Waals surface area contributed by atoms with Gasteiger partial charge in [-0.05, 0) is 29.7 Å². The van der Waals surface area contributed by atoms with Gasteiger partial charge < -0.3 is 10.6 Å². The molecule has 3 aromatic rings. The third kappa shape index (κ3) is 4.07. The number of hydrogen-bond acceptors (Lipinski definition) is 3. The summed E-state index contributed by atoms with van der Waals surface area (Å²) < 4.78 is 38.5. The molecule has 0 radical (unpaired) electrons. The first-order valence-electron chi connectivity index (χ1n) is 8.77. The lowest BCUT2D eigenvalue weighted by atomic mass is 10.1. The summed E-state index contributed by atoms with van der Waals surface area (Å²) in [6.07, 6.45) is -4.58. The molecule has 0 bridgehead atoms. The second-order valence-corrected chi connectivity index (χ2v) is 7.83. The predicted molar refractivity (Wildman–Crippen MR) is 107 cm³/mol. The number of thioether (sulfide) groups is 1. The molecule has 1 aliphatic heterocycles. The van der Waals surface area contributed by atoms with E-state index in [1.54, 1.807) is 6.07 Å². The minimum Gasteiger partial charge on any atom is -0.325 e. The molecule has 148 valence electrons. The highest BCUT2D eigenvalue weighted by Gasteiger charge is 2.34. The van der Waals surface area contributed by atoms with E-state index in [2.05, 4.69) is 10.6 Å². The van der Waals surface area contributed by atoms with Crippen molar-refractivity contribution in [3.63, 3.8) is 0 Å². The van der Waals surface area contributed by atoms with E-state index in [-0.39, 0.29) is 18.0 Å². The quantitative estimate of drug-likeness (QED) is 0.609. The van der Waals surface area contributed by atoms with E-state index in [1.807, 2.05) is 36.4 Å². The van der Waals surface area contributed by atoms with Crippen LogP contribution in [0.4, 0.5) is 24.5 Å². The Bertz CT molecular complexity index is 1110. The zero-order valence-corrected chi connectivity index (χ0v) is 15.7. The summed E-state index contributed by atoms with van der Waals surface area (Å²) in [5.74, 6) is -0.834. The third-order valence-corrected chi connectivity index (χ3v) is 5.84. The van der Waals surface area contributed by atoms with E-state index in [4.69, 9.17) is 0 Å². The fourth-order valence-electron chi connectivity index (χ4n) is 3.17. The number of amides is 2. The van der Waals surface area contributed by atoms with Crippen molar-refractivity contribution >= 4 is 45.7 Å². The van der Waals surface area contributed by atoms with Gasteiger partial charge in [-0.1, -0.05) is 36.4 Å². The minimum atomic E-state index is -4.49. The first-order chi connectivity index (χ1) is 13.8. The molecule has 0 aliphatic carbocycles. The van der Waals surface area contributed by atoms with Gasteiger partial charge in [0.05, 0.1) is 16.5 Å². The Labute approximate surface area is 168 Å². The van der Waals surface area contributed by atoms with Gasteiger partial charge >= 0.3 is 6.18 Å². The molecule has 2 amide bonds. The van der Waals surface area contributed by atoms with E-state index in [0.29, 0.717) is 10.6 Å². The zero-order chi connectivity index (χ0) is 20.6. The Morgan fingerprint density at radius 1 is 1.07 bits per heavy atom. The van der Waals surface area contributed by atoms with Crippen LogP contribution < -0.4 is 10.6 Å². The lowest BCUT2D eigenvalue weighted by Gasteiger charge is -2.24. The maximum atomic E-state index is 12.8. The second kappa shape index (κ2) is 7.44. The van der Waals surface area contributed by atoms with Gasteiger partial charge in [0.15, 0.2) is 0 Å². The molecule has 0 saturated heterocycles. The highest BCUT2D eigenvalue weighted by atomic mass is 32.2.